The van der Waals surface area contributed by atoms with Gasteiger partial charge in [0.1, 0.15) is 0 Å². The highest BCUT2D eigenvalue weighted by Gasteiger charge is 2.43. The van der Waals surface area contributed by atoms with Gasteiger partial charge in [-0.05, 0) is 33.6 Å². The zero-order valence-electron chi connectivity index (χ0n) is 10.2. The second kappa shape index (κ2) is 3.80. The monoisotopic (exact) mass is 209 g/mol. The van der Waals surface area contributed by atoms with E-state index in [1.807, 2.05) is 20.8 Å². The Hall–Kier alpha value is -1.12. The van der Waals surface area contributed by atoms with E-state index in [9.17, 15) is 9.59 Å². The molecule has 0 aromatic rings. The molecule has 1 aliphatic heterocycles. The minimum atomic E-state index is -0.340. The summed E-state index contributed by atoms with van der Waals surface area (Å²) in [6.45, 7) is 9.43. The molecule has 0 radical (unpaired) electrons. The van der Waals surface area contributed by atoms with Crippen LogP contribution in [0.4, 0.5) is 0 Å². The molecule has 1 aliphatic rings. The average molecular weight is 209 g/mol. The minimum absolute atomic E-state index is 0.122. The standard InChI is InChI=1S/C12H19NO2/c1-6-12(5,7-2)13-10(14)8(3)9(4)11(13)15/h6-7H2,1-5H3. The summed E-state index contributed by atoms with van der Waals surface area (Å²) >= 11 is 0. The van der Waals surface area contributed by atoms with Gasteiger partial charge in [-0.25, -0.2) is 0 Å². The molecule has 0 atom stereocenters. The van der Waals surface area contributed by atoms with E-state index < -0.39 is 0 Å². The lowest BCUT2D eigenvalue weighted by Gasteiger charge is -2.36. The van der Waals surface area contributed by atoms with Gasteiger partial charge in [-0.15, -0.1) is 0 Å². The van der Waals surface area contributed by atoms with Gasteiger partial charge in [0.05, 0.1) is 0 Å². The van der Waals surface area contributed by atoms with Crippen LogP contribution in [0.25, 0.3) is 0 Å². The van der Waals surface area contributed by atoms with Crippen LogP contribution in [0.5, 0.6) is 0 Å². The Balaban J connectivity index is 3.12. The maximum absolute atomic E-state index is 11.9. The highest BCUT2D eigenvalue weighted by Crippen LogP contribution is 2.31. The van der Waals surface area contributed by atoms with Crippen molar-refractivity contribution in [2.75, 3.05) is 0 Å². The first-order valence-corrected chi connectivity index (χ1v) is 5.45. The van der Waals surface area contributed by atoms with Crippen LogP contribution >= 0.6 is 0 Å². The summed E-state index contributed by atoms with van der Waals surface area (Å²) in [5.74, 6) is -0.243. The first-order chi connectivity index (χ1) is 6.89. The molecular formula is C12H19NO2. The summed E-state index contributed by atoms with van der Waals surface area (Å²) < 4.78 is 0. The highest BCUT2D eigenvalue weighted by atomic mass is 16.2. The minimum Gasteiger partial charge on any atom is -0.269 e. The van der Waals surface area contributed by atoms with Crippen molar-refractivity contribution in [1.29, 1.82) is 0 Å². The zero-order chi connectivity index (χ0) is 11.8. The van der Waals surface area contributed by atoms with Crippen LogP contribution in [0.1, 0.15) is 47.5 Å². The van der Waals surface area contributed by atoms with Crippen LogP contribution in [0, 0.1) is 0 Å². The summed E-state index contributed by atoms with van der Waals surface area (Å²) in [7, 11) is 0. The Labute approximate surface area is 91.1 Å². The third-order valence-corrected chi connectivity index (χ3v) is 3.67. The first kappa shape index (κ1) is 12.0. The zero-order valence-corrected chi connectivity index (χ0v) is 10.2. The molecule has 0 aromatic carbocycles. The van der Waals surface area contributed by atoms with Crippen molar-refractivity contribution in [3.05, 3.63) is 11.1 Å². The van der Waals surface area contributed by atoms with E-state index in [-0.39, 0.29) is 17.4 Å². The SMILES string of the molecule is CCC(C)(CC)N1C(=O)C(C)=C(C)C1=O. The van der Waals surface area contributed by atoms with E-state index in [0.29, 0.717) is 11.1 Å². The van der Waals surface area contributed by atoms with Gasteiger partial charge in [-0.2, -0.15) is 0 Å². The van der Waals surface area contributed by atoms with E-state index in [4.69, 9.17) is 0 Å². The summed E-state index contributed by atoms with van der Waals surface area (Å²) in [6.07, 6.45) is 1.59. The van der Waals surface area contributed by atoms with E-state index in [1.54, 1.807) is 13.8 Å². The smallest absolute Gasteiger partial charge is 0.257 e. The van der Waals surface area contributed by atoms with Gasteiger partial charge in [-0.3, -0.25) is 14.5 Å². The molecule has 0 aliphatic carbocycles. The Morgan fingerprint density at radius 2 is 1.33 bits per heavy atom. The number of rotatable bonds is 3. The Morgan fingerprint density at radius 3 is 1.60 bits per heavy atom. The Bertz CT molecular complexity index is 314. The molecule has 0 N–H and O–H groups in total. The molecule has 0 saturated heterocycles. The van der Waals surface area contributed by atoms with Crippen molar-refractivity contribution >= 4 is 11.8 Å². The van der Waals surface area contributed by atoms with Crippen molar-refractivity contribution in [1.82, 2.24) is 4.90 Å². The molecule has 3 heteroatoms. The quantitative estimate of drug-likeness (QED) is 0.669. The molecule has 84 valence electrons. The van der Waals surface area contributed by atoms with E-state index in [2.05, 4.69) is 0 Å². The van der Waals surface area contributed by atoms with Crippen LogP contribution < -0.4 is 0 Å². The molecule has 0 saturated carbocycles. The molecule has 0 spiro atoms. The Kier molecular flexibility index (Phi) is 3.03. The van der Waals surface area contributed by atoms with Crippen LogP contribution in [-0.2, 0) is 9.59 Å². The van der Waals surface area contributed by atoms with Gasteiger partial charge in [0, 0.05) is 16.7 Å². The molecule has 15 heavy (non-hydrogen) atoms. The number of nitrogens with zero attached hydrogens (tertiary/aromatic N) is 1. The maximum atomic E-state index is 11.9. The predicted octanol–water partition coefficient (Wildman–Crippen LogP) is 2.27. The third-order valence-electron chi connectivity index (χ3n) is 3.67. The normalized spacial score (nSPS) is 18.1. The topological polar surface area (TPSA) is 37.4 Å². The fourth-order valence-corrected chi connectivity index (χ4v) is 1.80. The third kappa shape index (κ3) is 1.60. The van der Waals surface area contributed by atoms with Crippen LogP contribution in [0.15, 0.2) is 11.1 Å². The number of hydrogen-bond acceptors (Lipinski definition) is 2. The lowest BCUT2D eigenvalue weighted by Crippen LogP contribution is -2.49. The number of imide groups is 1. The van der Waals surface area contributed by atoms with Crippen molar-refractivity contribution in [3.63, 3.8) is 0 Å². The van der Waals surface area contributed by atoms with E-state index >= 15 is 0 Å². The van der Waals surface area contributed by atoms with Crippen molar-refractivity contribution in [2.24, 2.45) is 0 Å². The Morgan fingerprint density at radius 1 is 1.00 bits per heavy atom. The fraction of sp³-hybridized carbons (Fsp3) is 0.667. The highest BCUT2D eigenvalue weighted by molar-refractivity contribution is 6.19. The molecule has 1 heterocycles. The fourth-order valence-electron chi connectivity index (χ4n) is 1.80. The van der Waals surface area contributed by atoms with Crippen LogP contribution in [0.2, 0.25) is 0 Å². The molecule has 0 unspecified atom stereocenters. The predicted molar refractivity (Wildman–Crippen MR) is 59.2 cm³/mol. The molecule has 0 fully saturated rings. The molecule has 2 amide bonds. The van der Waals surface area contributed by atoms with Crippen LogP contribution in [0.3, 0.4) is 0 Å². The summed E-state index contributed by atoms with van der Waals surface area (Å²) in [4.78, 5) is 25.3. The number of carbonyl (C=O) groups excluding carboxylic acids is 2. The van der Waals surface area contributed by atoms with Gasteiger partial charge < -0.3 is 0 Å². The largest absolute Gasteiger partial charge is 0.269 e. The van der Waals surface area contributed by atoms with E-state index in [1.165, 1.54) is 4.90 Å². The second-order valence-corrected chi connectivity index (χ2v) is 4.40. The van der Waals surface area contributed by atoms with Crippen molar-refractivity contribution in [3.8, 4) is 0 Å². The lowest BCUT2D eigenvalue weighted by atomic mass is 9.93. The summed E-state index contributed by atoms with van der Waals surface area (Å²) in [5.41, 5.74) is 0.842. The second-order valence-electron chi connectivity index (χ2n) is 4.40. The first-order valence-electron chi connectivity index (χ1n) is 5.45. The van der Waals surface area contributed by atoms with Gasteiger partial charge in [0.15, 0.2) is 0 Å². The summed E-state index contributed by atoms with van der Waals surface area (Å²) in [6, 6.07) is 0. The average Bonchev–Trinajstić information content (AvgIpc) is 2.43. The summed E-state index contributed by atoms with van der Waals surface area (Å²) in [5, 5.41) is 0. The van der Waals surface area contributed by atoms with Gasteiger partial charge in [0.25, 0.3) is 11.8 Å². The van der Waals surface area contributed by atoms with Crippen LogP contribution in [-0.4, -0.2) is 22.3 Å². The molecular weight excluding hydrogens is 190 g/mol. The van der Waals surface area contributed by atoms with Gasteiger partial charge in [0.2, 0.25) is 0 Å². The number of amides is 2. The van der Waals surface area contributed by atoms with Gasteiger partial charge in [-0.1, -0.05) is 13.8 Å². The van der Waals surface area contributed by atoms with Crippen molar-refractivity contribution in [2.45, 2.75) is 53.0 Å². The molecule has 3 nitrogen and oxygen atoms in total. The number of carbonyl (C=O) groups is 2. The lowest BCUT2D eigenvalue weighted by molar-refractivity contribution is -0.144. The molecule has 1 rings (SSSR count). The van der Waals surface area contributed by atoms with Crippen molar-refractivity contribution < 1.29 is 9.59 Å². The molecule has 0 bridgehead atoms. The van der Waals surface area contributed by atoms with E-state index in [0.717, 1.165) is 12.8 Å². The molecule has 0 aromatic heterocycles. The maximum Gasteiger partial charge on any atom is 0.257 e. The van der Waals surface area contributed by atoms with Gasteiger partial charge >= 0.3 is 0 Å². The number of hydrogen-bond donors (Lipinski definition) is 0.